The number of halogens is 7. The van der Waals surface area contributed by atoms with Crippen LogP contribution in [0.15, 0.2) is 146 Å². The first kappa shape index (κ1) is 48.0. The highest BCUT2D eigenvalue weighted by Gasteiger charge is 2.53. The summed E-state index contributed by atoms with van der Waals surface area (Å²) in [5.41, 5.74) is 13.6. The van der Waals surface area contributed by atoms with E-state index in [4.69, 9.17) is 46.2 Å². The summed E-state index contributed by atoms with van der Waals surface area (Å²) in [5, 5.41) is 17.0. The van der Waals surface area contributed by atoms with Crippen LogP contribution in [0.5, 0.6) is 23.0 Å². The number of amidine groups is 2. The lowest BCUT2D eigenvalue weighted by molar-refractivity contribution is -0.287. The molecule has 0 spiro atoms. The van der Waals surface area contributed by atoms with Crippen LogP contribution in [0.3, 0.4) is 0 Å². The number of hydrogen-bond donors (Lipinski definition) is 4. The molecular weight excluding hydrogens is 1020 g/mol. The fraction of sp³-hybridized carbons (Fsp3) is 0.208. The first-order valence-corrected chi connectivity index (χ1v) is 22.9. The number of fused-ring (bicyclic) bond motifs is 4. The Hall–Kier alpha value is -7.70. The van der Waals surface area contributed by atoms with Gasteiger partial charge in [0, 0.05) is 54.1 Å². The number of rotatable bonds is 6. The van der Waals surface area contributed by atoms with Gasteiger partial charge in [0.1, 0.15) is 11.7 Å². The molecule has 368 valence electrons. The van der Waals surface area contributed by atoms with Gasteiger partial charge in [-0.2, -0.15) is 8.78 Å². The first-order chi connectivity index (χ1) is 34.5. The lowest BCUT2D eigenvalue weighted by Crippen LogP contribution is -2.46. The smallest absolute Gasteiger partial charge is 0.423 e. The molecule has 0 amide bonds. The third-order valence-electron chi connectivity index (χ3n) is 12.2. The molecule has 0 saturated carbocycles. The average Bonchev–Trinajstić information content (AvgIpc) is 4.06. The lowest BCUT2D eigenvalue weighted by atomic mass is 9.80. The second-order valence-electron chi connectivity index (χ2n) is 16.6. The van der Waals surface area contributed by atoms with Crippen molar-refractivity contribution in [1.29, 1.82) is 0 Å². The number of aromatic nitrogens is 2. The number of aliphatic imine (C=N–C) groups is 4. The highest BCUT2D eigenvalue weighted by molar-refractivity contribution is 9.10. The highest BCUT2D eigenvalue weighted by atomic mass is 79.9. The maximum Gasteiger partial charge on any atom is 0.586 e. The number of nitrogens with two attached hydrogens (primary N) is 2. The maximum absolute atomic E-state index is 14.5. The predicted molar refractivity (Wildman–Crippen MR) is 255 cm³/mol. The van der Waals surface area contributed by atoms with Crippen molar-refractivity contribution in [3.05, 3.63) is 160 Å². The van der Waals surface area contributed by atoms with E-state index in [-0.39, 0.29) is 34.4 Å². The Balaban J connectivity index is 0.000000141. The molecule has 2 unspecified atom stereocenters. The number of alkyl halides is 4. The third-order valence-corrected chi connectivity index (χ3v) is 12.7. The highest BCUT2D eigenvalue weighted by Crippen LogP contribution is 2.50. The molecule has 24 heteroatoms. The molecule has 2 aromatic heterocycles. The molecule has 4 aromatic carbocycles. The number of guanidine groups is 2. The molecule has 12 rings (SSSR count). The molecule has 0 saturated heterocycles. The van der Waals surface area contributed by atoms with Crippen molar-refractivity contribution in [2.75, 3.05) is 26.2 Å². The molecule has 6 aliphatic heterocycles. The molecule has 72 heavy (non-hydrogen) atoms. The first-order valence-electron chi connectivity index (χ1n) is 22.1. The second-order valence-corrected chi connectivity index (χ2v) is 17.5. The zero-order valence-electron chi connectivity index (χ0n) is 37.3. The number of nitrogens with zero attached hydrogens (tertiary/aromatic N) is 8. The number of pyridine rings is 2. The molecule has 16 nitrogen and oxygen atoms in total. The molecule has 8 heterocycles. The molecule has 6 aromatic rings. The molecule has 0 radical (unpaired) electrons. The van der Waals surface area contributed by atoms with Gasteiger partial charge in [-0.05, 0) is 101 Å². The van der Waals surface area contributed by atoms with Crippen LogP contribution < -0.4 is 35.9 Å². The van der Waals surface area contributed by atoms with Gasteiger partial charge in [-0.1, -0.05) is 64.5 Å². The monoisotopic (exact) mass is 1050 g/mol. The Labute approximate surface area is 414 Å². The van der Waals surface area contributed by atoms with E-state index in [1.54, 1.807) is 42.5 Å². The maximum atomic E-state index is 14.5. The Bertz CT molecular complexity index is 3250. The zero-order valence-corrected chi connectivity index (χ0v) is 38.9. The van der Waals surface area contributed by atoms with E-state index in [0.717, 1.165) is 22.9 Å². The van der Waals surface area contributed by atoms with E-state index in [1.807, 2.05) is 40.1 Å². The van der Waals surface area contributed by atoms with Crippen molar-refractivity contribution in [3.63, 3.8) is 0 Å². The summed E-state index contributed by atoms with van der Waals surface area (Å²) in [6.45, 7) is 2.53. The molecule has 2 atom stereocenters. The Morgan fingerprint density at radius 2 is 1.06 bits per heavy atom. The fourth-order valence-electron chi connectivity index (χ4n) is 9.11. The van der Waals surface area contributed by atoms with Crippen LogP contribution in [0, 0.1) is 11.9 Å². The SMILES string of the molecule is NC1=NC(c2cccc(-c3cccnc3F)c2)(c2ccc3c(c2)OC(F)(F)O3)C2=NCCCN12.NC1=NC(c2cccc(Br)c2)(c2ccc3c(c2)OC(F)(F)O3)C2=NCCCN12.OB(O)c1cccnc1F. The van der Waals surface area contributed by atoms with E-state index < -0.39 is 42.7 Å². The predicted octanol–water partition coefficient (Wildman–Crippen LogP) is 6.23. The van der Waals surface area contributed by atoms with Crippen LogP contribution in [0.4, 0.5) is 26.3 Å². The summed E-state index contributed by atoms with van der Waals surface area (Å²) in [7, 11) is -1.78. The van der Waals surface area contributed by atoms with Crippen LogP contribution >= 0.6 is 15.9 Å². The van der Waals surface area contributed by atoms with Gasteiger partial charge in [-0.15, -0.1) is 17.6 Å². The van der Waals surface area contributed by atoms with E-state index in [9.17, 15) is 26.3 Å². The standard InChI is InChI=1S/C24H18F3N5O2.C19H15BrF2N4O2.C5H5BFNO2/c25-20-17(6-2-9-29-20)14-4-1-5-15(12-14)23(21-30-10-3-11-32(21)22(28)31-23)16-7-8-18-19(13-16)34-24(26,27)33-18;20-13-4-1-3-11(9-13)18(16-24-7-2-8-26(16)17(23)25-18)12-5-6-14-15(10-12)28-19(21,22)27-14;7-5-4(6(9)10)2-1-3-8-5/h1-2,4-9,12-13H,3,10-11H2,(H2,28,31);1,3-6,9-10H,2,7-8H2,(H2,23,25);1-3,9-10H. The van der Waals surface area contributed by atoms with E-state index in [0.29, 0.717) is 71.6 Å². The normalized spacial score (nSPS) is 21.4. The number of ether oxygens (including phenoxy) is 4. The van der Waals surface area contributed by atoms with E-state index in [2.05, 4.69) is 40.1 Å². The fourth-order valence-corrected chi connectivity index (χ4v) is 9.51. The second kappa shape index (κ2) is 18.5. The van der Waals surface area contributed by atoms with E-state index in [1.165, 1.54) is 48.8 Å². The summed E-state index contributed by atoms with van der Waals surface area (Å²) in [6, 6.07) is 30.0. The van der Waals surface area contributed by atoms with Crippen molar-refractivity contribution in [2.24, 2.45) is 31.4 Å². The van der Waals surface area contributed by atoms with Crippen LogP contribution in [-0.2, 0) is 11.1 Å². The Kier molecular flexibility index (Phi) is 12.3. The third kappa shape index (κ3) is 8.67. The van der Waals surface area contributed by atoms with Crippen LogP contribution in [0.1, 0.15) is 35.1 Å². The molecule has 6 aliphatic rings. The Morgan fingerprint density at radius 3 is 1.56 bits per heavy atom. The van der Waals surface area contributed by atoms with Crippen molar-refractivity contribution in [1.82, 2.24) is 19.8 Å². The molecule has 0 aliphatic carbocycles. The molecule has 6 N–H and O–H groups in total. The minimum Gasteiger partial charge on any atom is -0.423 e. The summed E-state index contributed by atoms with van der Waals surface area (Å²) in [5.74, 6) is 0.164. The lowest BCUT2D eigenvalue weighted by Gasteiger charge is -2.33. The van der Waals surface area contributed by atoms with Crippen molar-refractivity contribution in [3.8, 4) is 34.1 Å². The number of benzene rings is 4. The Morgan fingerprint density at radius 1 is 0.569 bits per heavy atom. The largest absolute Gasteiger partial charge is 0.586 e. The summed E-state index contributed by atoms with van der Waals surface area (Å²) >= 11 is 3.50. The minimum absolute atomic E-state index is 0.0180. The van der Waals surface area contributed by atoms with Gasteiger partial charge in [0.25, 0.3) is 0 Å². The minimum atomic E-state index is -3.75. The summed E-state index contributed by atoms with van der Waals surface area (Å²) in [4.78, 5) is 29.7. The average molecular weight is 1060 g/mol. The molecular formula is C48H38BBrF6N10O6. The zero-order chi connectivity index (χ0) is 50.6. The van der Waals surface area contributed by atoms with Gasteiger partial charge in [-0.25, -0.2) is 20.0 Å². The molecule has 0 bridgehead atoms. The van der Waals surface area contributed by atoms with Gasteiger partial charge in [0.15, 0.2) is 46.0 Å². The topological polar surface area (TPSA) is 211 Å². The van der Waals surface area contributed by atoms with Gasteiger partial charge in [0.2, 0.25) is 11.9 Å². The summed E-state index contributed by atoms with van der Waals surface area (Å²) < 4.78 is 101. The van der Waals surface area contributed by atoms with Gasteiger partial charge < -0.3 is 40.5 Å². The summed E-state index contributed by atoms with van der Waals surface area (Å²) in [6.07, 6.45) is -3.16. The van der Waals surface area contributed by atoms with Crippen molar-refractivity contribution in [2.45, 2.75) is 36.5 Å². The van der Waals surface area contributed by atoms with E-state index >= 15 is 0 Å². The quantitative estimate of drug-likeness (QED) is 0.0831. The number of hydrogen-bond acceptors (Lipinski definition) is 16. The van der Waals surface area contributed by atoms with Gasteiger partial charge in [-0.3, -0.25) is 19.8 Å². The van der Waals surface area contributed by atoms with Crippen LogP contribution in [0.25, 0.3) is 11.1 Å². The van der Waals surface area contributed by atoms with Gasteiger partial charge >= 0.3 is 19.7 Å². The van der Waals surface area contributed by atoms with Crippen LogP contribution in [-0.4, -0.2) is 99.3 Å². The van der Waals surface area contributed by atoms with Crippen molar-refractivity contribution < 1.29 is 55.3 Å². The molecule has 0 fully saturated rings. The van der Waals surface area contributed by atoms with Gasteiger partial charge in [0.05, 0.1) is 0 Å². The van der Waals surface area contributed by atoms with Crippen LogP contribution in [0.2, 0.25) is 0 Å². The van der Waals surface area contributed by atoms with Crippen molar-refractivity contribution >= 4 is 52.1 Å².